The molecular formula is C33H28N2O4. The minimum atomic E-state index is -0.524. The van der Waals surface area contributed by atoms with E-state index in [1.54, 1.807) is 72.8 Å². The number of nitrogens with one attached hydrogen (secondary N) is 2. The van der Waals surface area contributed by atoms with Gasteiger partial charge in [-0.15, -0.1) is 0 Å². The van der Waals surface area contributed by atoms with Gasteiger partial charge in [0, 0.05) is 22.4 Å². The Balaban J connectivity index is 1.52. The van der Waals surface area contributed by atoms with Gasteiger partial charge in [-0.3, -0.25) is 14.4 Å². The second-order valence-corrected chi connectivity index (χ2v) is 8.76. The van der Waals surface area contributed by atoms with Crippen LogP contribution in [0.4, 0.5) is 5.69 Å². The number of anilines is 1. The number of amides is 2. The van der Waals surface area contributed by atoms with E-state index in [4.69, 9.17) is 4.74 Å². The van der Waals surface area contributed by atoms with Crippen molar-refractivity contribution in [3.63, 3.8) is 0 Å². The molecule has 194 valence electrons. The maximum atomic E-state index is 13.3. The van der Waals surface area contributed by atoms with Gasteiger partial charge in [-0.25, -0.2) is 0 Å². The number of allylic oxidation sites excluding steroid dienone is 1. The topological polar surface area (TPSA) is 84.5 Å². The third kappa shape index (κ3) is 7.40. The molecule has 2 N–H and O–H groups in total. The van der Waals surface area contributed by atoms with E-state index < -0.39 is 11.8 Å². The second kappa shape index (κ2) is 12.8. The molecule has 0 radical (unpaired) electrons. The smallest absolute Gasteiger partial charge is 0.272 e. The van der Waals surface area contributed by atoms with E-state index in [0.717, 1.165) is 11.1 Å². The number of para-hydroxylation sites is 1. The molecule has 0 saturated heterocycles. The molecule has 0 aliphatic rings. The van der Waals surface area contributed by atoms with Crippen LogP contribution in [0.15, 0.2) is 115 Å². The maximum Gasteiger partial charge on any atom is 0.272 e. The molecule has 0 aromatic heterocycles. The lowest BCUT2D eigenvalue weighted by molar-refractivity contribution is -0.113. The Labute approximate surface area is 227 Å². The molecule has 4 rings (SSSR count). The van der Waals surface area contributed by atoms with Gasteiger partial charge in [0.25, 0.3) is 11.8 Å². The lowest BCUT2D eigenvalue weighted by Gasteiger charge is -2.12. The Morgan fingerprint density at radius 3 is 2.21 bits per heavy atom. The molecule has 2 amide bonds. The number of benzene rings is 4. The van der Waals surface area contributed by atoms with Crippen molar-refractivity contribution in [2.45, 2.75) is 6.92 Å². The van der Waals surface area contributed by atoms with E-state index in [2.05, 4.69) is 10.6 Å². The summed E-state index contributed by atoms with van der Waals surface area (Å²) in [5, 5.41) is 5.50. The van der Waals surface area contributed by atoms with Crippen molar-refractivity contribution in [2.24, 2.45) is 0 Å². The fourth-order valence-electron chi connectivity index (χ4n) is 3.84. The predicted octanol–water partition coefficient (Wildman–Crippen LogP) is 6.31. The average Bonchev–Trinajstić information content (AvgIpc) is 2.96. The zero-order valence-electron chi connectivity index (χ0n) is 21.7. The fourth-order valence-corrected chi connectivity index (χ4v) is 3.84. The highest BCUT2D eigenvalue weighted by Crippen LogP contribution is 2.21. The molecule has 0 spiro atoms. The molecule has 4 aromatic rings. The van der Waals surface area contributed by atoms with E-state index in [1.807, 2.05) is 49.4 Å². The summed E-state index contributed by atoms with van der Waals surface area (Å²) >= 11 is 0. The number of carbonyl (C=O) groups excluding carboxylic acids is 3. The summed E-state index contributed by atoms with van der Waals surface area (Å²) < 4.78 is 5.40. The first-order chi connectivity index (χ1) is 18.9. The van der Waals surface area contributed by atoms with E-state index >= 15 is 0 Å². The molecule has 0 atom stereocenters. The van der Waals surface area contributed by atoms with Crippen LogP contribution in [-0.2, 0) is 4.79 Å². The van der Waals surface area contributed by atoms with Crippen LogP contribution in [0.5, 0.6) is 5.75 Å². The molecule has 0 bridgehead atoms. The Morgan fingerprint density at radius 2 is 1.49 bits per heavy atom. The van der Waals surface area contributed by atoms with Crippen LogP contribution < -0.4 is 15.4 Å². The van der Waals surface area contributed by atoms with Crippen LogP contribution in [-0.4, -0.2) is 24.7 Å². The Morgan fingerprint density at radius 1 is 0.769 bits per heavy atom. The van der Waals surface area contributed by atoms with Gasteiger partial charge in [-0.05, 0) is 67.1 Å². The number of methoxy groups -OCH3 is 1. The van der Waals surface area contributed by atoms with Crippen LogP contribution in [0.2, 0.25) is 0 Å². The first kappa shape index (κ1) is 26.8. The summed E-state index contributed by atoms with van der Waals surface area (Å²) in [5.41, 5.74) is 4.09. The lowest BCUT2D eigenvalue weighted by atomic mass is 10.1. The highest BCUT2D eigenvalue weighted by atomic mass is 16.5. The van der Waals surface area contributed by atoms with Crippen molar-refractivity contribution in [1.29, 1.82) is 0 Å². The van der Waals surface area contributed by atoms with Crippen LogP contribution in [0.1, 0.15) is 37.4 Å². The molecular weight excluding hydrogens is 488 g/mol. The number of hydrogen-bond acceptors (Lipinski definition) is 4. The van der Waals surface area contributed by atoms with Crippen LogP contribution >= 0.6 is 0 Å². The first-order valence-corrected chi connectivity index (χ1v) is 12.3. The SMILES string of the molecule is COc1ccccc1/C=C(\NC(=O)c1ccccc1)C(=O)Nc1ccc(C(=O)/C=C/c2cccc(C)c2)cc1. The average molecular weight is 517 g/mol. The molecule has 39 heavy (non-hydrogen) atoms. The van der Waals surface area contributed by atoms with Crippen molar-refractivity contribution in [3.8, 4) is 5.75 Å². The number of hydrogen-bond donors (Lipinski definition) is 2. The molecule has 0 aliphatic carbocycles. The summed E-state index contributed by atoms with van der Waals surface area (Å²) in [4.78, 5) is 38.7. The minimum Gasteiger partial charge on any atom is -0.496 e. The lowest BCUT2D eigenvalue weighted by Crippen LogP contribution is -2.30. The first-order valence-electron chi connectivity index (χ1n) is 12.3. The van der Waals surface area contributed by atoms with Gasteiger partial charge >= 0.3 is 0 Å². The minimum absolute atomic E-state index is 0.0367. The van der Waals surface area contributed by atoms with E-state index in [9.17, 15) is 14.4 Å². The summed E-state index contributed by atoms with van der Waals surface area (Å²) in [7, 11) is 1.54. The van der Waals surface area contributed by atoms with E-state index in [-0.39, 0.29) is 11.5 Å². The summed E-state index contributed by atoms with van der Waals surface area (Å²) in [5.74, 6) is -0.545. The van der Waals surface area contributed by atoms with Crippen LogP contribution in [0.25, 0.3) is 12.2 Å². The largest absolute Gasteiger partial charge is 0.496 e. The maximum absolute atomic E-state index is 13.3. The number of carbonyl (C=O) groups is 3. The van der Waals surface area contributed by atoms with Crippen molar-refractivity contribution >= 4 is 35.4 Å². The van der Waals surface area contributed by atoms with Crippen LogP contribution in [0.3, 0.4) is 0 Å². The molecule has 4 aromatic carbocycles. The molecule has 6 nitrogen and oxygen atoms in total. The summed E-state index contributed by atoms with van der Waals surface area (Å²) in [6, 6.07) is 30.2. The normalized spacial score (nSPS) is 11.2. The van der Waals surface area contributed by atoms with Gasteiger partial charge in [0.2, 0.25) is 0 Å². The van der Waals surface area contributed by atoms with Crippen molar-refractivity contribution in [1.82, 2.24) is 5.32 Å². The van der Waals surface area contributed by atoms with Gasteiger partial charge in [0.05, 0.1) is 7.11 Å². The zero-order chi connectivity index (χ0) is 27.6. The van der Waals surface area contributed by atoms with Gasteiger partial charge in [-0.2, -0.15) is 0 Å². The van der Waals surface area contributed by atoms with Crippen molar-refractivity contribution in [2.75, 3.05) is 12.4 Å². The van der Waals surface area contributed by atoms with E-state index in [1.165, 1.54) is 13.2 Å². The number of aryl methyl sites for hydroxylation is 1. The third-order valence-corrected chi connectivity index (χ3v) is 5.86. The molecule has 6 heteroatoms. The molecule has 0 heterocycles. The van der Waals surface area contributed by atoms with Crippen molar-refractivity contribution < 1.29 is 19.1 Å². The Hall–Kier alpha value is -5.23. The number of ketones is 1. The van der Waals surface area contributed by atoms with Crippen molar-refractivity contribution in [3.05, 3.63) is 143 Å². The highest BCUT2D eigenvalue weighted by molar-refractivity contribution is 6.11. The monoisotopic (exact) mass is 516 g/mol. The highest BCUT2D eigenvalue weighted by Gasteiger charge is 2.16. The quantitative estimate of drug-likeness (QED) is 0.202. The molecule has 0 fully saturated rings. The number of ether oxygens (including phenoxy) is 1. The standard InChI is InChI=1S/C33H28N2O4/c1-23-9-8-10-24(21-23)15-20-30(36)25-16-18-28(19-17-25)34-33(38)29(22-27-13-6-7-14-31(27)39-2)35-32(37)26-11-4-3-5-12-26/h3-22H,1-2H3,(H,34,38)(H,35,37)/b20-15+,29-22-. The Bertz CT molecular complexity index is 1540. The second-order valence-electron chi connectivity index (χ2n) is 8.76. The van der Waals surface area contributed by atoms with Gasteiger partial charge in [0.15, 0.2) is 5.78 Å². The van der Waals surface area contributed by atoms with Gasteiger partial charge in [-0.1, -0.05) is 72.3 Å². The molecule has 0 aliphatic heterocycles. The third-order valence-electron chi connectivity index (χ3n) is 5.86. The van der Waals surface area contributed by atoms with E-state index in [0.29, 0.717) is 28.1 Å². The molecule has 0 saturated carbocycles. The number of rotatable bonds is 9. The van der Waals surface area contributed by atoms with Gasteiger partial charge < -0.3 is 15.4 Å². The molecule has 0 unspecified atom stereocenters. The van der Waals surface area contributed by atoms with Gasteiger partial charge in [0.1, 0.15) is 11.4 Å². The fraction of sp³-hybridized carbons (Fsp3) is 0.0606. The predicted molar refractivity (Wildman–Crippen MR) is 154 cm³/mol. The summed E-state index contributed by atoms with van der Waals surface area (Å²) in [6.45, 7) is 2.00. The zero-order valence-corrected chi connectivity index (χ0v) is 21.7. The summed E-state index contributed by atoms with van der Waals surface area (Å²) in [6.07, 6.45) is 4.86. The van der Waals surface area contributed by atoms with Crippen LogP contribution in [0, 0.1) is 6.92 Å². The Kier molecular flexibility index (Phi) is 8.83.